The Morgan fingerprint density at radius 2 is 2.30 bits per heavy atom. The predicted octanol–water partition coefficient (Wildman–Crippen LogP) is -2.20. The van der Waals surface area contributed by atoms with Crippen molar-refractivity contribution in [3.05, 3.63) is 27.7 Å². The molecule has 0 saturated carbocycles. The van der Waals surface area contributed by atoms with Crippen LogP contribution in [-0.2, 0) is 0 Å². The summed E-state index contributed by atoms with van der Waals surface area (Å²) < 4.78 is 0.454. The van der Waals surface area contributed by atoms with E-state index < -0.39 is 0 Å². The van der Waals surface area contributed by atoms with Gasteiger partial charge in [0.25, 0.3) is 0 Å². The normalized spacial score (nSPS) is 8.50. The summed E-state index contributed by atoms with van der Waals surface area (Å²) in [5.41, 5.74) is 0.614. The summed E-state index contributed by atoms with van der Waals surface area (Å²) in [4.78, 5) is 0.641. The summed E-state index contributed by atoms with van der Waals surface area (Å²) in [5.74, 6) is 0. The van der Waals surface area contributed by atoms with Crippen LogP contribution in [0.4, 0.5) is 0 Å². The van der Waals surface area contributed by atoms with Crippen LogP contribution < -0.4 is 34.4 Å². The van der Waals surface area contributed by atoms with Crippen molar-refractivity contribution in [2.24, 2.45) is 0 Å². The second-order valence-electron chi connectivity index (χ2n) is 1.75. The van der Waals surface area contributed by atoms with Crippen LogP contribution in [0.2, 0.25) is 0 Å². The molecule has 0 amide bonds. The van der Waals surface area contributed by atoms with Gasteiger partial charge >= 0.3 is 29.6 Å². The minimum Gasteiger partial charge on any atom is -1.00 e. The van der Waals surface area contributed by atoms with Crippen LogP contribution in [0.1, 0.15) is 7.12 Å². The molecule has 0 atom stereocenters. The molecule has 0 aliphatic heterocycles. The largest absolute Gasteiger partial charge is 1.00 e. The predicted molar refractivity (Wildman–Crippen MR) is 36.4 cm³/mol. The maximum Gasteiger partial charge on any atom is 1.00 e. The Morgan fingerprint density at radius 1 is 1.70 bits per heavy atom. The molecule has 1 N–H and O–H groups in total. The zero-order valence-corrected chi connectivity index (χ0v) is 8.73. The third-order valence-corrected chi connectivity index (χ3v) is 1.24. The van der Waals surface area contributed by atoms with Crippen LogP contribution >= 0.6 is 12.2 Å². The summed E-state index contributed by atoms with van der Waals surface area (Å²) in [6.07, 6.45) is 0. The number of hydrogen-bond acceptors (Lipinski definition) is 2. The first-order valence-electron chi connectivity index (χ1n) is 2.49. The van der Waals surface area contributed by atoms with E-state index in [1.54, 1.807) is 19.1 Å². The van der Waals surface area contributed by atoms with Crippen LogP contribution in [0.25, 0.3) is 0 Å². The first-order valence-corrected chi connectivity index (χ1v) is 2.90. The van der Waals surface area contributed by atoms with Crippen molar-refractivity contribution in [1.29, 1.82) is 0 Å². The number of aromatic amines is 1. The summed E-state index contributed by atoms with van der Waals surface area (Å²) in [5, 5.41) is 13.0. The van der Waals surface area contributed by atoms with E-state index in [4.69, 9.17) is 0 Å². The number of aryl methyl sites for hydroxylation is 1. The molecular formula is C5H7N2NaOS. The molecule has 0 aliphatic carbocycles. The van der Waals surface area contributed by atoms with Crippen LogP contribution in [0.3, 0.4) is 0 Å². The van der Waals surface area contributed by atoms with Crippen molar-refractivity contribution in [3.8, 4) is 0 Å². The van der Waals surface area contributed by atoms with E-state index in [1.807, 2.05) is 0 Å². The molecule has 0 aliphatic rings. The first-order chi connectivity index (χ1) is 4.20. The van der Waals surface area contributed by atoms with Gasteiger partial charge in [-0.05, 0) is 6.07 Å². The Kier molecular flexibility index (Phi) is 4.12. The quantitative estimate of drug-likeness (QED) is 0.206. The number of rotatable bonds is 0. The average Bonchev–Trinajstić information content (AvgIpc) is 1.80. The maximum atomic E-state index is 10.6. The maximum absolute atomic E-state index is 10.6. The van der Waals surface area contributed by atoms with Gasteiger partial charge in [-0.2, -0.15) is 0 Å². The molecule has 50 valence electrons. The number of nitrogens with one attached hydrogen (secondary N) is 1. The molecule has 0 radical (unpaired) electrons. The zero-order valence-electron chi connectivity index (χ0n) is 6.92. The van der Waals surface area contributed by atoms with E-state index in [-0.39, 0.29) is 31.0 Å². The van der Waals surface area contributed by atoms with Gasteiger partial charge in [0, 0.05) is 13.0 Å². The van der Waals surface area contributed by atoms with Crippen LogP contribution in [-0.4, -0.2) is 5.10 Å². The fourth-order valence-corrected chi connectivity index (χ4v) is 0.640. The smallest absolute Gasteiger partial charge is 1.00 e. The second kappa shape index (κ2) is 4.08. The molecule has 1 aromatic heterocycles. The van der Waals surface area contributed by atoms with Crippen molar-refractivity contribution in [2.75, 3.05) is 0 Å². The minimum absolute atomic E-state index is 0. The molecule has 10 heavy (non-hydrogen) atoms. The molecule has 5 heteroatoms. The monoisotopic (exact) mass is 166 g/mol. The summed E-state index contributed by atoms with van der Waals surface area (Å²) in [6.45, 7) is 1.71. The molecule has 0 spiro atoms. The molecule has 0 aromatic carbocycles. The molecule has 0 bridgehead atoms. The average molecular weight is 166 g/mol. The van der Waals surface area contributed by atoms with E-state index >= 15 is 0 Å². The van der Waals surface area contributed by atoms with E-state index in [1.165, 1.54) is 0 Å². The number of hydrogen-bond donors (Lipinski definition) is 1. The van der Waals surface area contributed by atoms with Gasteiger partial charge in [0.15, 0.2) is 4.64 Å². The molecular weight excluding hydrogens is 159 g/mol. The van der Waals surface area contributed by atoms with Gasteiger partial charge in [-0.25, -0.2) is 0 Å². The van der Waals surface area contributed by atoms with Gasteiger partial charge in [-0.3, -0.25) is 0 Å². The summed E-state index contributed by atoms with van der Waals surface area (Å²) >= 11 is 4.68. The molecule has 1 rings (SSSR count). The zero-order chi connectivity index (χ0) is 6.85. The van der Waals surface area contributed by atoms with Crippen molar-refractivity contribution in [1.82, 2.24) is 5.10 Å². The van der Waals surface area contributed by atoms with E-state index in [0.29, 0.717) is 15.2 Å². The van der Waals surface area contributed by atoms with Gasteiger partial charge in [0.2, 0.25) is 5.69 Å². The van der Waals surface area contributed by atoms with Gasteiger partial charge in [-0.15, -0.1) is 5.10 Å². The first kappa shape index (κ1) is 10.1. The molecule has 3 nitrogen and oxygen atoms in total. The Morgan fingerprint density at radius 3 is 2.70 bits per heavy atom. The molecule has 1 heterocycles. The fraction of sp³-hybridized carbons (Fsp3) is 0.200. The third-order valence-electron chi connectivity index (χ3n) is 1.01. The van der Waals surface area contributed by atoms with Gasteiger partial charge in [0.1, 0.15) is 0 Å². The fourth-order valence-electron chi connectivity index (χ4n) is 0.490. The second-order valence-corrected chi connectivity index (χ2v) is 2.18. The Labute approximate surface area is 87.4 Å². The molecule has 0 fully saturated rings. The summed E-state index contributed by atoms with van der Waals surface area (Å²) in [7, 11) is 0. The summed E-state index contributed by atoms with van der Waals surface area (Å²) in [6, 6.07) is 3.35. The van der Waals surface area contributed by atoms with Crippen molar-refractivity contribution in [3.63, 3.8) is 0 Å². The van der Waals surface area contributed by atoms with Crippen molar-refractivity contribution >= 4 is 12.2 Å². The Bertz CT molecular complexity index is 277. The van der Waals surface area contributed by atoms with Crippen LogP contribution in [0.15, 0.2) is 12.1 Å². The number of nitrogens with zero attached hydrogens (tertiary/aromatic N) is 1. The molecule has 0 unspecified atom stereocenters. The van der Waals surface area contributed by atoms with Crippen molar-refractivity contribution in [2.45, 2.75) is 6.92 Å². The van der Waals surface area contributed by atoms with Crippen molar-refractivity contribution < 1.29 is 35.8 Å². The molecule has 0 saturated heterocycles. The minimum atomic E-state index is 0. The topological polar surface area (TPSA) is 42.7 Å². The van der Waals surface area contributed by atoms with E-state index in [0.717, 1.165) is 0 Å². The van der Waals surface area contributed by atoms with Gasteiger partial charge < -0.3 is 6.63 Å². The van der Waals surface area contributed by atoms with Gasteiger partial charge in [-0.1, -0.05) is 17.1 Å². The standard InChI is InChI=1S/C5H6N2OS.Na.H/c1-4-2-3-5(9)6-7(4)8;;/h2-3H,1H3,(H,6,9);;/q;+1;-1. The van der Waals surface area contributed by atoms with E-state index in [2.05, 4.69) is 17.3 Å². The number of H-pyrrole nitrogens is 1. The third kappa shape index (κ3) is 2.38. The Balaban J connectivity index is 0. The number of aromatic nitrogens is 2. The SMILES string of the molecule is Cc1ccc(=S)[nH][n+]1[O-].[H-].[Na+]. The van der Waals surface area contributed by atoms with E-state index in [9.17, 15) is 5.21 Å². The molecule has 1 aromatic rings. The van der Waals surface area contributed by atoms with Crippen LogP contribution in [0, 0.1) is 16.8 Å². The van der Waals surface area contributed by atoms with Crippen LogP contribution in [0.5, 0.6) is 0 Å². The van der Waals surface area contributed by atoms with Gasteiger partial charge in [0.05, 0.1) is 0 Å². The Hall–Kier alpha value is 0.100.